The Bertz CT molecular complexity index is 592. The van der Waals surface area contributed by atoms with Gasteiger partial charge in [-0.15, -0.1) is 0 Å². The topological polar surface area (TPSA) is 88.4 Å². The predicted molar refractivity (Wildman–Crippen MR) is 78.3 cm³/mol. The minimum atomic E-state index is -4.74. The summed E-state index contributed by atoms with van der Waals surface area (Å²) in [5, 5.41) is 0. The van der Waals surface area contributed by atoms with Crippen LogP contribution in [0.1, 0.15) is 5.56 Å². The lowest BCUT2D eigenvalue weighted by molar-refractivity contribution is -0.871. The Morgan fingerprint density at radius 3 is 2.57 bits per heavy atom. The van der Waals surface area contributed by atoms with E-state index in [0.717, 1.165) is 0 Å². The number of phosphoric acid groups is 1. The van der Waals surface area contributed by atoms with Crippen molar-refractivity contribution in [2.45, 2.75) is 5.79 Å². The van der Waals surface area contributed by atoms with Crippen LogP contribution < -0.4 is 0 Å². The highest BCUT2D eigenvalue weighted by Crippen LogP contribution is 2.49. The largest absolute Gasteiger partial charge is 0.472 e. The number of aliphatic imine (C=N–C) groups is 1. The number of ether oxygens (including phenoxy) is 1. The Hall–Kier alpha value is -1.08. The van der Waals surface area contributed by atoms with Gasteiger partial charge >= 0.3 is 7.82 Å². The molecule has 0 fully saturated rings. The molecule has 21 heavy (non-hydrogen) atoms. The van der Waals surface area contributed by atoms with Crippen molar-refractivity contribution in [3.63, 3.8) is 0 Å². The fourth-order valence-corrected chi connectivity index (χ4v) is 2.52. The first-order valence-electron chi connectivity index (χ1n) is 6.47. The molecule has 0 spiro atoms. The molecule has 0 aliphatic carbocycles. The number of fused-ring (bicyclic) bond motifs is 1. The molecular weight excluding hydrogens is 295 g/mol. The summed E-state index contributed by atoms with van der Waals surface area (Å²) < 4.78 is 22.6. The number of para-hydroxylation sites is 1. The lowest BCUT2D eigenvalue weighted by atomic mass is 10.1. The summed E-state index contributed by atoms with van der Waals surface area (Å²) in [4.78, 5) is 22.5. The maximum absolute atomic E-state index is 11.3. The fraction of sp³-hybridized carbons (Fsp3) is 0.462. The quantitative estimate of drug-likeness (QED) is 0.470. The zero-order valence-corrected chi connectivity index (χ0v) is 13.2. The molecule has 1 atom stereocenters. The molecule has 1 aliphatic heterocycles. The van der Waals surface area contributed by atoms with Crippen LogP contribution >= 0.6 is 7.82 Å². The third-order valence-electron chi connectivity index (χ3n) is 2.99. The number of benzene rings is 1. The third-order valence-corrected chi connectivity index (χ3v) is 3.50. The Kier molecular flexibility index (Phi) is 4.35. The van der Waals surface area contributed by atoms with Crippen LogP contribution in [0.15, 0.2) is 29.3 Å². The molecule has 1 unspecified atom stereocenters. The summed E-state index contributed by atoms with van der Waals surface area (Å²) >= 11 is 0. The standard InChI is InChI=1S/C13H19N2O5P/c1-15(2,3)8-9-19-13(20-21(16,17)18)10-14-12-7-5-4-6-11(12)13/h4-7,10H,8-9H2,1-3H3,(H-,16,17,18)/p+1. The Labute approximate surface area is 123 Å². The Morgan fingerprint density at radius 2 is 1.95 bits per heavy atom. The molecule has 1 aromatic rings. The molecule has 1 aromatic carbocycles. The maximum Gasteiger partial charge on any atom is 0.472 e. The summed E-state index contributed by atoms with van der Waals surface area (Å²) in [7, 11) is 1.25. The molecule has 2 rings (SSSR count). The number of hydrogen-bond acceptors (Lipinski definition) is 4. The number of quaternary nitrogens is 1. The van der Waals surface area contributed by atoms with E-state index in [1.54, 1.807) is 24.3 Å². The highest BCUT2D eigenvalue weighted by atomic mass is 31.2. The first-order chi connectivity index (χ1) is 9.61. The number of phosphoric ester groups is 1. The van der Waals surface area contributed by atoms with Crippen molar-refractivity contribution in [3.05, 3.63) is 29.8 Å². The molecule has 1 aliphatic rings. The van der Waals surface area contributed by atoms with E-state index in [2.05, 4.69) is 4.99 Å². The van der Waals surface area contributed by atoms with Crippen molar-refractivity contribution < 1.29 is 28.1 Å². The molecule has 0 saturated carbocycles. The fourth-order valence-electron chi connectivity index (χ4n) is 1.97. The molecule has 7 nitrogen and oxygen atoms in total. The van der Waals surface area contributed by atoms with Gasteiger partial charge in [0.1, 0.15) is 6.54 Å². The molecule has 2 N–H and O–H groups in total. The van der Waals surface area contributed by atoms with Gasteiger partial charge in [0.05, 0.1) is 39.7 Å². The van der Waals surface area contributed by atoms with Crippen LogP contribution in [-0.2, 0) is 19.6 Å². The van der Waals surface area contributed by atoms with Crippen LogP contribution in [0.25, 0.3) is 0 Å². The number of hydrogen-bond donors (Lipinski definition) is 2. The highest BCUT2D eigenvalue weighted by Gasteiger charge is 2.44. The van der Waals surface area contributed by atoms with E-state index >= 15 is 0 Å². The lowest BCUT2D eigenvalue weighted by Gasteiger charge is -2.30. The second-order valence-corrected chi connectivity index (χ2v) is 7.05. The monoisotopic (exact) mass is 315 g/mol. The van der Waals surface area contributed by atoms with E-state index in [-0.39, 0.29) is 6.61 Å². The molecular formula is C13H20N2O5P+. The van der Waals surface area contributed by atoms with Crippen molar-refractivity contribution in [2.24, 2.45) is 4.99 Å². The molecule has 116 valence electrons. The first kappa shape index (κ1) is 16.3. The van der Waals surface area contributed by atoms with Crippen LogP contribution in [0.2, 0.25) is 0 Å². The van der Waals surface area contributed by atoms with E-state index in [1.165, 1.54) is 6.21 Å². The SMILES string of the molecule is C[N+](C)(C)CCOC1(OP(=O)(O)O)C=Nc2ccccc21. The van der Waals surface area contributed by atoms with Crippen LogP contribution in [0, 0.1) is 0 Å². The van der Waals surface area contributed by atoms with E-state index in [9.17, 15) is 14.4 Å². The second kappa shape index (κ2) is 5.61. The van der Waals surface area contributed by atoms with Gasteiger partial charge in [-0.3, -0.25) is 4.99 Å². The van der Waals surface area contributed by atoms with Gasteiger partial charge in [0.15, 0.2) is 0 Å². The smallest absolute Gasteiger partial charge is 0.335 e. The predicted octanol–water partition coefficient (Wildman–Crippen LogP) is 1.39. The zero-order chi connectivity index (χ0) is 15.7. The van der Waals surface area contributed by atoms with Crippen LogP contribution in [0.3, 0.4) is 0 Å². The third kappa shape index (κ3) is 4.20. The normalized spacial score (nSPS) is 21.6. The summed E-state index contributed by atoms with van der Waals surface area (Å²) in [6.45, 7) is 0.923. The average molecular weight is 315 g/mol. The number of rotatable bonds is 6. The lowest BCUT2D eigenvalue weighted by Crippen LogP contribution is -2.41. The molecule has 1 heterocycles. The van der Waals surface area contributed by atoms with E-state index in [0.29, 0.717) is 22.3 Å². The maximum atomic E-state index is 11.3. The van der Waals surface area contributed by atoms with Gasteiger partial charge in [-0.05, 0) is 6.07 Å². The molecule has 0 aromatic heterocycles. The van der Waals surface area contributed by atoms with E-state index in [1.807, 2.05) is 21.1 Å². The van der Waals surface area contributed by atoms with Crippen LogP contribution in [-0.4, -0.2) is 54.8 Å². The van der Waals surface area contributed by atoms with E-state index in [4.69, 9.17) is 9.26 Å². The summed E-state index contributed by atoms with van der Waals surface area (Å²) in [6, 6.07) is 6.95. The zero-order valence-electron chi connectivity index (χ0n) is 12.3. The van der Waals surface area contributed by atoms with Gasteiger partial charge < -0.3 is 19.0 Å². The van der Waals surface area contributed by atoms with Gasteiger partial charge in [-0.2, -0.15) is 0 Å². The van der Waals surface area contributed by atoms with Gasteiger partial charge in [0.25, 0.3) is 0 Å². The molecule has 0 amide bonds. The van der Waals surface area contributed by atoms with Gasteiger partial charge in [0, 0.05) is 5.56 Å². The van der Waals surface area contributed by atoms with Crippen LogP contribution in [0.5, 0.6) is 0 Å². The molecule has 0 radical (unpaired) electrons. The Morgan fingerprint density at radius 1 is 1.29 bits per heavy atom. The summed E-state index contributed by atoms with van der Waals surface area (Å²) in [6.07, 6.45) is 1.30. The second-order valence-electron chi connectivity index (χ2n) is 5.89. The molecule has 8 heteroatoms. The van der Waals surface area contributed by atoms with Crippen molar-refractivity contribution >= 4 is 19.7 Å². The molecule has 0 saturated heterocycles. The minimum Gasteiger partial charge on any atom is -0.335 e. The average Bonchev–Trinajstić information content (AvgIpc) is 2.65. The number of nitrogens with zero attached hydrogens (tertiary/aromatic N) is 2. The van der Waals surface area contributed by atoms with Crippen molar-refractivity contribution in [2.75, 3.05) is 34.3 Å². The van der Waals surface area contributed by atoms with Crippen molar-refractivity contribution in [1.29, 1.82) is 0 Å². The van der Waals surface area contributed by atoms with E-state index < -0.39 is 13.6 Å². The van der Waals surface area contributed by atoms with Gasteiger partial charge in [-0.25, -0.2) is 9.09 Å². The van der Waals surface area contributed by atoms with Crippen molar-refractivity contribution in [1.82, 2.24) is 0 Å². The number of likely N-dealkylation sites (N-methyl/N-ethyl adjacent to an activating group) is 1. The van der Waals surface area contributed by atoms with Gasteiger partial charge in [-0.1, -0.05) is 18.2 Å². The first-order valence-corrected chi connectivity index (χ1v) is 8.00. The van der Waals surface area contributed by atoms with Crippen LogP contribution in [0.4, 0.5) is 5.69 Å². The Balaban J connectivity index is 2.26. The highest BCUT2D eigenvalue weighted by molar-refractivity contribution is 7.46. The summed E-state index contributed by atoms with van der Waals surface area (Å²) in [5.41, 5.74) is 1.07. The van der Waals surface area contributed by atoms with Crippen molar-refractivity contribution in [3.8, 4) is 0 Å². The molecule has 0 bridgehead atoms. The summed E-state index contributed by atoms with van der Waals surface area (Å²) in [5.74, 6) is -1.63. The minimum absolute atomic E-state index is 0.268. The van der Waals surface area contributed by atoms with Gasteiger partial charge in [0.2, 0.25) is 5.79 Å².